The molecular formula is C20H22ClNO6. The smallest absolute Gasteiger partial charge is 0.340 e. The maximum absolute atomic E-state index is 12.8. The van der Waals surface area contributed by atoms with Gasteiger partial charge in [0.15, 0.2) is 17.1 Å². The Morgan fingerprint density at radius 1 is 0.964 bits per heavy atom. The Morgan fingerprint density at radius 2 is 1.54 bits per heavy atom. The highest BCUT2D eigenvalue weighted by molar-refractivity contribution is 6.30. The van der Waals surface area contributed by atoms with E-state index in [9.17, 15) is 9.59 Å². The Kier molecular flexibility index (Phi) is 6.75. The van der Waals surface area contributed by atoms with E-state index in [1.807, 2.05) is 0 Å². The SMILES string of the molecule is COC(=O)c1cc(OC)c(OC)cc1NC(=O)C(C)(C)Oc1ccc(Cl)cc1. The molecular weight excluding hydrogens is 386 g/mol. The summed E-state index contributed by atoms with van der Waals surface area (Å²) in [5.41, 5.74) is -0.910. The third-order valence-electron chi connectivity index (χ3n) is 3.91. The molecule has 0 atom stereocenters. The summed E-state index contributed by atoms with van der Waals surface area (Å²) >= 11 is 5.87. The molecule has 1 amide bonds. The average molecular weight is 408 g/mol. The summed E-state index contributed by atoms with van der Waals surface area (Å²) in [6.45, 7) is 3.21. The maximum Gasteiger partial charge on any atom is 0.340 e. The molecule has 0 saturated heterocycles. The van der Waals surface area contributed by atoms with Crippen LogP contribution < -0.4 is 19.5 Å². The molecule has 0 aliphatic carbocycles. The number of esters is 1. The summed E-state index contributed by atoms with van der Waals surface area (Å²) in [6.07, 6.45) is 0. The number of rotatable bonds is 7. The molecule has 0 radical (unpaired) electrons. The van der Waals surface area contributed by atoms with Crippen molar-refractivity contribution < 1.29 is 28.5 Å². The molecule has 8 heteroatoms. The Balaban J connectivity index is 2.32. The minimum atomic E-state index is -1.24. The number of nitrogens with one attached hydrogen (secondary N) is 1. The molecule has 0 spiro atoms. The van der Waals surface area contributed by atoms with Gasteiger partial charge in [0.2, 0.25) is 0 Å². The third kappa shape index (κ3) is 4.86. The number of carbonyl (C=O) groups excluding carboxylic acids is 2. The summed E-state index contributed by atoms with van der Waals surface area (Å²) in [6, 6.07) is 9.57. The molecule has 2 rings (SSSR count). The van der Waals surface area contributed by atoms with E-state index in [1.165, 1.54) is 33.5 Å². The largest absolute Gasteiger partial charge is 0.493 e. The van der Waals surface area contributed by atoms with E-state index in [2.05, 4.69) is 5.32 Å². The molecule has 7 nitrogen and oxygen atoms in total. The Bertz CT molecular complexity index is 864. The summed E-state index contributed by atoms with van der Waals surface area (Å²) < 4.78 is 21.0. The number of ether oxygens (including phenoxy) is 4. The summed E-state index contributed by atoms with van der Waals surface area (Å²) in [4.78, 5) is 25.0. The van der Waals surface area contributed by atoms with E-state index < -0.39 is 17.5 Å². The summed E-state index contributed by atoms with van der Waals surface area (Å²) in [5.74, 6) is 0.0528. The molecule has 28 heavy (non-hydrogen) atoms. The number of carbonyl (C=O) groups is 2. The first-order valence-electron chi connectivity index (χ1n) is 8.32. The molecule has 0 unspecified atom stereocenters. The number of anilines is 1. The van der Waals surface area contributed by atoms with Gasteiger partial charge >= 0.3 is 5.97 Å². The lowest BCUT2D eigenvalue weighted by atomic mass is 10.1. The van der Waals surface area contributed by atoms with Crippen LogP contribution in [0, 0.1) is 0 Å². The van der Waals surface area contributed by atoms with Crippen molar-refractivity contribution in [3.05, 3.63) is 47.0 Å². The van der Waals surface area contributed by atoms with Crippen molar-refractivity contribution in [2.24, 2.45) is 0 Å². The van der Waals surface area contributed by atoms with E-state index in [4.69, 9.17) is 30.5 Å². The van der Waals surface area contributed by atoms with Gasteiger partial charge in [-0.3, -0.25) is 4.79 Å². The third-order valence-corrected chi connectivity index (χ3v) is 4.16. The van der Waals surface area contributed by atoms with Crippen LogP contribution in [0.15, 0.2) is 36.4 Å². The number of halogens is 1. The van der Waals surface area contributed by atoms with Crippen LogP contribution >= 0.6 is 11.6 Å². The van der Waals surface area contributed by atoms with Gasteiger partial charge in [-0.2, -0.15) is 0 Å². The van der Waals surface area contributed by atoms with Crippen molar-refractivity contribution in [3.63, 3.8) is 0 Å². The number of amides is 1. The fourth-order valence-electron chi connectivity index (χ4n) is 2.38. The van der Waals surface area contributed by atoms with Crippen LogP contribution in [-0.4, -0.2) is 38.8 Å². The van der Waals surface area contributed by atoms with Crippen molar-refractivity contribution in [1.29, 1.82) is 0 Å². The first-order valence-corrected chi connectivity index (χ1v) is 8.70. The van der Waals surface area contributed by atoms with Gasteiger partial charge in [0.05, 0.1) is 32.6 Å². The summed E-state index contributed by atoms with van der Waals surface area (Å²) in [5, 5.41) is 3.26. The number of methoxy groups -OCH3 is 3. The van der Waals surface area contributed by atoms with Crippen LogP contribution in [0.2, 0.25) is 5.02 Å². The number of benzene rings is 2. The quantitative estimate of drug-likeness (QED) is 0.700. The fourth-order valence-corrected chi connectivity index (χ4v) is 2.50. The van der Waals surface area contributed by atoms with Gasteiger partial charge in [0.1, 0.15) is 5.75 Å². The van der Waals surface area contributed by atoms with Gasteiger partial charge in [0.25, 0.3) is 5.91 Å². The van der Waals surface area contributed by atoms with E-state index in [0.29, 0.717) is 22.3 Å². The summed E-state index contributed by atoms with van der Waals surface area (Å²) in [7, 11) is 4.15. The Labute approximate surface area is 168 Å². The van der Waals surface area contributed by atoms with Crippen LogP contribution in [0.3, 0.4) is 0 Å². The predicted octanol–water partition coefficient (Wildman–Crippen LogP) is 3.94. The normalized spacial score (nSPS) is 10.8. The van der Waals surface area contributed by atoms with Gasteiger partial charge in [-0.15, -0.1) is 0 Å². The van der Waals surface area contributed by atoms with Crippen LogP contribution in [0.4, 0.5) is 5.69 Å². The molecule has 0 saturated carbocycles. The van der Waals surface area contributed by atoms with Gasteiger partial charge < -0.3 is 24.3 Å². The van der Waals surface area contributed by atoms with Crippen molar-refractivity contribution >= 4 is 29.2 Å². The first-order chi connectivity index (χ1) is 13.2. The molecule has 0 aromatic heterocycles. The molecule has 2 aromatic carbocycles. The van der Waals surface area contributed by atoms with Crippen LogP contribution in [0.25, 0.3) is 0 Å². The molecule has 0 aliphatic rings. The fraction of sp³-hybridized carbons (Fsp3) is 0.300. The van der Waals surface area contributed by atoms with Gasteiger partial charge in [0, 0.05) is 17.2 Å². The van der Waals surface area contributed by atoms with Crippen molar-refractivity contribution in [3.8, 4) is 17.2 Å². The molecule has 0 heterocycles. The second-order valence-corrected chi connectivity index (χ2v) is 6.70. The lowest BCUT2D eigenvalue weighted by Gasteiger charge is -2.26. The van der Waals surface area contributed by atoms with Crippen LogP contribution in [0.1, 0.15) is 24.2 Å². The topological polar surface area (TPSA) is 83.1 Å². The second kappa shape index (κ2) is 8.84. The standard InChI is InChI=1S/C20H22ClNO6/c1-20(2,28-13-8-6-12(21)7-9-13)19(24)22-15-11-17(26-4)16(25-3)10-14(15)18(23)27-5/h6-11H,1-5H3,(H,22,24). The monoisotopic (exact) mass is 407 g/mol. The van der Waals surface area contributed by atoms with Crippen molar-refractivity contribution in [2.75, 3.05) is 26.6 Å². The molecule has 0 bridgehead atoms. The lowest BCUT2D eigenvalue weighted by Crippen LogP contribution is -2.42. The minimum absolute atomic E-state index is 0.121. The van der Waals surface area contributed by atoms with Crippen molar-refractivity contribution in [1.82, 2.24) is 0 Å². The van der Waals surface area contributed by atoms with Gasteiger partial charge in [-0.05, 0) is 38.1 Å². The van der Waals surface area contributed by atoms with E-state index in [1.54, 1.807) is 38.1 Å². The Morgan fingerprint density at radius 3 is 2.07 bits per heavy atom. The van der Waals surface area contributed by atoms with Crippen molar-refractivity contribution in [2.45, 2.75) is 19.4 Å². The molecule has 150 valence electrons. The molecule has 0 aliphatic heterocycles. The average Bonchev–Trinajstić information content (AvgIpc) is 2.68. The van der Waals surface area contributed by atoms with E-state index in [-0.39, 0.29) is 11.3 Å². The number of hydrogen-bond donors (Lipinski definition) is 1. The highest BCUT2D eigenvalue weighted by atomic mass is 35.5. The van der Waals surface area contributed by atoms with Crippen LogP contribution in [0.5, 0.6) is 17.2 Å². The van der Waals surface area contributed by atoms with Crippen LogP contribution in [-0.2, 0) is 9.53 Å². The zero-order valence-corrected chi connectivity index (χ0v) is 17.0. The molecule has 1 N–H and O–H groups in total. The van der Waals surface area contributed by atoms with E-state index in [0.717, 1.165) is 0 Å². The second-order valence-electron chi connectivity index (χ2n) is 6.26. The van der Waals surface area contributed by atoms with Gasteiger partial charge in [-0.25, -0.2) is 4.79 Å². The maximum atomic E-state index is 12.8. The van der Waals surface area contributed by atoms with Gasteiger partial charge in [-0.1, -0.05) is 11.6 Å². The zero-order valence-electron chi connectivity index (χ0n) is 16.3. The highest BCUT2D eigenvalue weighted by Gasteiger charge is 2.31. The predicted molar refractivity (Wildman–Crippen MR) is 106 cm³/mol. The first kappa shape index (κ1) is 21.4. The minimum Gasteiger partial charge on any atom is -0.493 e. The highest BCUT2D eigenvalue weighted by Crippen LogP contribution is 2.34. The molecule has 2 aromatic rings. The van der Waals surface area contributed by atoms with E-state index >= 15 is 0 Å². The Hall–Kier alpha value is -2.93. The zero-order chi connectivity index (χ0) is 20.9. The number of hydrogen-bond acceptors (Lipinski definition) is 6. The molecule has 0 fully saturated rings. The lowest BCUT2D eigenvalue weighted by molar-refractivity contribution is -0.128.